The zero-order chi connectivity index (χ0) is 28.5. The first-order valence-corrected chi connectivity index (χ1v) is 14.2. The van der Waals surface area contributed by atoms with Crippen molar-refractivity contribution in [3.05, 3.63) is 77.4 Å². The molecule has 2 fully saturated rings. The Morgan fingerprint density at radius 2 is 1.98 bits per heavy atom. The monoisotopic (exact) mass is 555 g/mol. The van der Waals surface area contributed by atoms with Crippen LogP contribution < -0.4 is 4.74 Å². The maximum atomic E-state index is 14.9. The number of methoxy groups -OCH3 is 1. The van der Waals surface area contributed by atoms with Gasteiger partial charge in [0.2, 0.25) is 5.91 Å². The van der Waals surface area contributed by atoms with Gasteiger partial charge in [-0.2, -0.15) is 5.10 Å². The van der Waals surface area contributed by atoms with Gasteiger partial charge in [0.05, 0.1) is 18.7 Å². The Kier molecular flexibility index (Phi) is 7.53. The minimum absolute atomic E-state index is 0.0445. The summed E-state index contributed by atoms with van der Waals surface area (Å²) in [6.07, 6.45) is 4.52. The number of pyridine rings is 1. The van der Waals surface area contributed by atoms with Gasteiger partial charge in [-0.3, -0.25) is 24.6 Å². The number of amides is 1. The van der Waals surface area contributed by atoms with Gasteiger partial charge in [-0.05, 0) is 74.6 Å². The zero-order valence-corrected chi connectivity index (χ0v) is 23.4. The SMILES string of the molecule is COc1cccc(F)c1CN1C[C@H](CC(=O)c2ccc3[nH]nc(-c4ccnc(C)c4)c3c2)CC[C@H]1C(=O)N1CCC1. The molecule has 2 aliphatic rings. The minimum Gasteiger partial charge on any atom is -0.496 e. The van der Waals surface area contributed by atoms with E-state index in [-0.39, 0.29) is 36.0 Å². The number of nitrogens with one attached hydrogen (secondary N) is 1. The summed E-state index contributed by atoms with van der Waals surface area (Å²) in [5, 5.41) is 8.45. The molecule has 41 heavy (non-hydrogen) atoms. The second-order valence-corrected chi connectivity index (χ2v) is 11.1. The van der Waals surface area contributed by atoms with Gasteiger partial charge < -0.3 is 9.64 Å². The summed E-state index contributed by atoms with van der Waals surface area (Å²) in [7, 11) is 1.52. The fraction of sp³-hybridized carbons (Fsp3) is 0.375. The van der Waals surface area contributed by atoms with Crippen LogP contribution >= 0.6 is 0 Å². The summed E-state index contributed by atoms with van der Waals surface area (Å²) in [6, 6.07) is 14.0. The van der Waals surface area contributed by atoms with Crippen LogP contribution in [0.1, 0.15) is 47.3 Å². The van der Waals surface area contributed by atoms with Crippen molar-refractivity contribution in [2.45, 2.75) is 45.2 Å². The number of carbonyl (C=O) groups excluding carboxylic acids is 2. The van der Waals surface area contributed by atoms with Crippen molar-refractivity contribution in [1.82, 2.24) is 25.0 Å². The first-order valence-electron chi connectivity index (χ1n) is 14.2. The van der Waals surface area contributed by atoms with Gasteiger partial charge in [-0.15, -0.1) is 0 Å². The van der Waals surface area contributed by atoms with Gasteiger partial charge in [0.1, 0.15) is 17.3 Å². The third kappa shape index (κ3) is 5.46. The number of aryl methyl sites for hydroxylation is 1. The number of piperidine rings is 1. The number of Topliss-reactive ketones (excluding diaryl/α,β-unsaturated/α-hetero) is 1. The third-order valence-electron chi connectivity index (χ3n) is 8.42. The molecule has 2 aliphatic heterocycles. The number of hydrogen-bond donors (Lipinski definition) is 1. The standard InChI is InChI=1S/C32H34FN5O3/c1-20-15-23(11-12-34-20)31-24-17-22(8-9-27(24)35-36-31)29(39)16-21-7-10-28(32(40)37-13-4-14-37)38(18-21)19-25-26(33)5-3-6-30(25)41-2/h3,5-6,8-9,11-12,15,17,21,28H,4,7,10,13-14,16,18-19H2,1-2H3,(H,35,36)/t21-,28-/m0/s1. The number of halogens is 1. The van der Waals surface area contributed by atoms with Gasteiger partial charge in [-0.1, -0.05) is 6.07 Å². The predicted octanol–water partition coefficient (Wildman–Crippen LogP) is 5.17. The van der Waals surface area contributed by atoms with Crippen molar-refractivity contribution in [1.29, 1.82) is 0 Å². The molecule has 4 aromatic rings. The van der Waals surface area contributed by atoms with E-state index in [1.807, 2.05) is 47.1 Å². The van der Waals surface area contributed by atoms with E-state index >= 15 is 0 Å². The van der Waals surface area contributed by atoms with E-state index < -0.39 is 0 Å². The molecule has 9 heteroatoms. The molecule has 212 valence electrons. The quantitative estimate of drug-likeness (QED) is 0.302. The normalized spacial score (nSPS) is 19.2. The number of rotatable bonds is 8. The highest BCUT2D eigenvalue weighted by Gasteiger charge is 2.38. The number of aromatic amines is 1. The molecule has 1 amide bonds. The number of likely N-dealkylation sites (tertiary alicyclic amines) is 2. The number of H-pyrrole nitrogens is 1. The smallest absolute Gasteiger partial charge is 0.239 e. The summed E-state index contributed by atoms with van der Waals surface area (Å²) < 4.78 is 20.3. The average molecular weight is 556 g/mol. The first-order chi connectivity index (χ1) is 19.9. The molecule has 0 aliphatic carbocycles. The first kappa shape index (κ1) is 27.1. The van der Waals surface area contributed by atoms with E-state index in [9.17, 15) is 14.0 Å². The van der Waals surface area contributed by atoms with Crippen molar-refractivity contribution in [2.24, 2.45) is 5.92 Å². The molecule has 0 unspecified atom stereocenters. The highest BCUT2D eigenvalue weighted by molar-refractivity contribution is 6.02. The van der Waals surface area contributed by atoms with Gasteiger partial charge in [-0.25, -0.2) is 4.39 Å². The predicted molar refractivity (Wildman–Crippen MR) is 154 cm³/mol. The van der Waals surface area contributed by atoms with Gasteiger partial charge in [0.15, 0.2) is 5.78 Å². The largest absolute Gasteiger partial charge is 0.496 e. The Labute approximate surface area is 238 Å². The van der Waals surface area contributed by atoms with Crippen molar-refractivity contribution in [3.8, 4) is 17.0 Å². The number of hydrogen-bond acceptors (Lipinski definition) is 6. The number of ketones is 1. The van der Waals surface area contributed by atoms with E-state index in [0.717, 1.165) is 53.8 Å². The summed E-state index contributed by atoms with van der Waals surface area (Å²) in [6.45, 7) is 4.26. The van der Waals surface area contributed by atoms with Crippen LogP contribution in [-0.2, 0) is 11.3 Å². The topological polar surface area (TPSA) is 91.4 Å². The van der Waals surface area contributed by atoms with Crippen LogP contribution in [0.15, 0.2) is 54.7 Å². The van der Waals surface area contributed by atoms with Crippen LogP contribution in [-0.4, -0.2) is 69.5 Å². The molecule has 2 aromatic carbocycles. The summed E-state index contributed by atoms with van der Waals surface area (Å²) >= 11 is 0. The summed E-state index contributed by atoms with van der Waals surface area (Å²) in [4.78, 5) is 35.1. The van der Waals surface area contributed by atoms with Gasteiger partial charge in [0.25, 0.3) is 0 Å². The molecule has 0 radical (unpaired) electrons. The molecular weight excluding hydrogens is 521 g/mol. The maximum Gasteiger partial charge on any atom is 0.239 e. The Morgan fingerprint density at radius 1 is 1.12 bits per heavy atom. The highest BCUT2D eigenvalue weighted by atomic mass is 19.1. The number of nitrogens with zero attached hydrogens (tertiary/aromatic N) is 4. The highest BCUT2D eigenvalue weighted by Crippen LogP contribution is 2.33. The second-order valence-electron chi connectivity index (χ2n) is 11.1. The van der Waals surface area contributed by atoms with Crippen LogP contribution in [0.3, 0.4) is 0 Å². The Morgan fingerprint density at radius 3 is 2.73 bits per heavy atom. The van der Waals surface area contributed by atoms with Gasteiger partial charge >= 0.3 is 0 Å². The maximum absolute atomic E-state index is 14.9. The number of fused-ring (bicyclic) bond motifs is 1. The fourth-order valence-electron chi connectivity index (χ4n) is 6.06. The minimum atomic E-state index is -0.355. The van der Waals surface area contributed by atoms with E-state index in [4.69, 9.17) is 4.74 Å². The molecule has 2 atom stereocenters. The van der Waals surface area contributed by atoms with E-state index in [0.29, 0.717) is 36.3 Å². The lowest BCUT2D eigenvalue weighted by atomic mass is 9.86. The lowest BCUT2D eigenvalue weighted by Crippen LogP contribution is -2.55. The zero-order valence-electron chi connectivity index (χ0n) is 23.4. The molecule has 4 heterocycles. The van der Waals surface area contributed by atoms with Crippen molar-refractivity contribution < 1.29 is 18.7 Å². The van der Waals surface area contributed by atoms with E-state index in [1.54, 1.807) is 18.3 Å². The van der Waals surface area contributed by atoms with E-state index in [1.165, 1.54) is 13.2 Å². The van der Waals surface area contributed by atoms with Crippen LogP contribution in [0, 0.1) is 18.7 Å². The molecule has 6 rings (SSSR count). The van der Waals surface area contributed by atoms with Crippen LogP contribution in [0.2, 0.25) is 0 Å². The van der Waals surface area contributed by atoms with Crippen LogP contribution in [0.4, 0.5) is 4.39 Å². The Hall–Kier alpha value is -4.11. The lowest BCUT2D eigenvalue weighted by molar-refractivity contribution is -0.142. The van der Waals surface area contributed by atoms with Gasteiger partial charge in [0, 0.05) is 66.6 Å². The van der Waals surface area contributed by atoms with Crippen LogP contribution in [0.5, 0.6) is 5.75 Å². The summed E-state index contributed by atoms with van der Waals surface area (Å²) in [5.74, 6) is 0.299. The number of ether oxygens (including phenoxy) is 1. The molecular formula is C32H34FN5O3. The Balaban J connectivity index is 1.22. The van der Waals surface area contributed by atoms with E-state index in [2.05, 4.69) is 15.2 Å². The third-order valence-corrected chi connectivity index (χ3v) is 8.42. The number of carbonyl (C=O) groups is 2. The average Bonchev–Trinajstić information content (AvgIpc) is 3.37. The number of aromatic nitrogens is 3. The van der Waals surface area contributed by atoms with Crippen LogP contribution in [0.25, 0.3) is 22.2 Å². The van der Waals surface area contributed by atoms with Crippen molar-refractivity contribution >= 4 is 22.6 Å². The van der Waals surface area contributed by atoms with Crippen molar-refractivity contribution in [2.75, 3.05) is 26.7 Å². The molecule has 1 N–H and O–H groups in total. The fourth-order valence-corrected chi connectivity index (χ4v) is 6.06. The van der Waals surface area contributed by atoms with Crippen molar-refractivity contribution in [3.63, 3.8) is 0 Å². The lowest BCUT2D eigenvalue weighted by Gasteiger charge is -2.43. The molecule has 0 bridgehead atoms. The molecule has 0 saturated carbocycles. The molecule has 2 aromatic heterocycles. The molecule has 0 spiro atoms. The molecule has 8 nitrogen and oxygen atoms in total. The molecule has 2 saturated heterocycles. The second kappa shape index (κ2) is 11.4. The summed E-state index contributed by atoms with van der Waals surface area (Å²) in [5.41, 5.74) is 4.56. The Bertz CT molecular complexity index is 1600. The number of benzene rings is 2.